The lowest BCUT2D eigenvalue weighted by Crippen LogP contribution is -2.23. The lowest BCUT2D eigenvalue weighted by molar-refractivity contribution is 0.0950. The summed E-state index contributed by atoms with van der Waals surface area (Å²) in [5.41, 5.74) is 2.88. The number of aromatic nitrogens is 2. The Kier molecular flexibility index (Phi) is 4.64. The molecule has 0 aliphatic heterocycles. The Balaban J connectivity index is 1.67. The highest BCUT2D eigenvalue weighted by atomic mass is 35.5. The normalized spacial score (nSPS) is 10.3. The fraction of sp³-hybridized carbons (Fsp3) is 0.0556. The highest BCUT2D eigenvalue weighted by Gasteiger charge is 2.08. The van der Waals surface area contributed by atoms with E-state index in [0.717, 1.165) is 17.0 Å². The van der Waals surface area contributed by atoms with Crippen molar-refractivity contribution < 1.29 is 4.79 Å². The smallest absolute Gasteiger partial charge is 0.253 e. The Bertz CT molecular complexity index is 804. The van der Waals surface area contributed by atoms with Crippen molar-refractivity contribution in [3.63, 3.8) is 0 Å². The van der Waals surface area contributed by atoms with Gasteiger partial charge in [-0.3, -0.25) is 14.8 Å². The van der Waals surface area contributed by atoms with E-state index < -0.39 is 0 Å². The molecule has 0 aliphatic rings. The second kappa shape index (κ2) is 7.03. The molecule has 2 aromatic heterocycles. The van der Waals surface area contributed by atoms with Gasteiger partial charge < -0.3 is 5.32 Å². The zero-order chi connectivity index (χ0) is 16.1. The summed E-state index contributed by atoms with van der Waals surface area (Å²) >= 11 is 6.07. The molecule has 1 aromatic carbocycles. The van der Waals surface area contributed by atoms with Crippen LogP contribution in [0.5, 0.6) is 0 Å². The maximum Gasteiger partial charge on any atom is 0.253 e. The first kappa shape index (κ1) is 15.2. The van der Waals surface area contributed by atoms with E-state index in [4.69, 9.17) is 11.6 Å². The number of carbonyl (C=O) groups is 1. The van der Waals surface area contributed by atoms with Gasteiger partial charge in [-0.15, -0.1) is 0 Å². The molecule has 0 unspecified atom stereocenters. The number of benzene rings is 1. The number of hydrogen-bond donors (Lipinski definition) is 1. The molecule has 0 fully saturated rings. The predicted octanol–water partition coefficient (Wildman–Crippen LogP) is 3.73. The standard InChI is InChI=1S/C18H14ClN3O/c19-15-6-2-1-5-13(15)11-22-18(23)14-8-9-17(21-12-14)16-7-3-4-10-20-16/h1-10,12H,11H2,(H,22,23). The molecule has 0 bridgehead atoms. The lowest BCUT2D eigenvalue weighted by Gasteiger charge is -2.07. The molecule has 3 rings (SSSR count). The molecule has 0 aliphatic carbocycles. The molecular weight excluding hydrogens is 310 g/mol. The topological polar surface area (TPSA) is 54.9 Å². The first-order chi connectivity index (χ1) is 11.2. The highest BCUT2D eigenvalue weighted by molar-refractivity contribution is 6.31. The van der Waals surface area contributed by atoms with Gasteiger partial charge in [-0.25, -0.2) is 0 Å². The summed E-state index contributed by atoms with van der Waals surface area (Å²) in [5, 5.41) is 3.47. The van der Waals surface area contributed by atoms with Crippen LogP contribution < -0.4 is 5.32 Å². The molecular formula is C18H14ClN3O. The number of amides is 1. The molecule has 0 saturated heterocycles. The number of pyridine rings is 2. The maximum absolute atomic E-state index is 12.2. The number of nitrogens with zero attached hydrogens (tertiary/aromatic N) is 2. The van der Waals surface area contributed by atoms with Crippen LogP contribution in [0.4, 0.5) is 0 Å². The Morgan fingerprint density at radius 3 is 2.43 bits per heavy atom. The second-order valence-corrected chi connectivity index (χ2v) is 5.33. The zero-order valence-electron chi connectivity index (χ0n) is 12.2. The predicted molar refractivity (Wildman–Crippen MR) is 90.1 cm³/mol. The zero-order valence-corrected chi connectivity index (χ0v) is 13.0. The van der Waals surface area contributed by atoms with Crippen molar-refractivity contribution in [1.29, 1.82) is 0 Å². The molecule has 1 N–H and O–H groups in total. The van der Waals surface area contributed by atoms with E-state index in [9.17, 15) is 4.79 Å². The molecule has 0 spiro atoms. The van der Waals surface area contributed by atoms with Gasteiger partial charge in [0.25, 0.3) is 5.91 Å². The van der Waals surface area contributed by atoms with Crippen LogP contribution in [0.3, 0.4) is 0 Å². The molecule has 0 saturated carbocycles. The van der Waals surface area contributed by atoms with E-state index in [1.807, 2.05) is 36.4 Å². The van der Waals surface area contributed by atoms with Gasteiger partial charge >= 0.3 is 0 Å². The highest BCUT2D eigenvalue weighted by Crippen LogP contribution is 2.15. The van der Waals surface area contributed by atoms with E-state index in [0.29, 0.717) is 17.1 Å². The summed E-state index contributed by atoms with van der Waals surface area (Å²) in [6, 6.07) is 16.6. The monoisotopic (exact) mass is 323 g/mol. The van der Waals surface area contributed by atoms with Gasteiger partial charge in [0, 0.05) is 24.0 Å². The summed E-state index contributed by atoms with van der Waals surface area (Å²) in [7, 11) is 0. The number of nitrogens with one attached hydrogen (secondary N) is 1. The van der Waals surface area contributed by atoms with Crippen molar-refractivity contribution in [2.75, 3.05) is 0 Å². The average molecular weight is 324 g/mol. The summed E-state index contributed by atoms with van der Waals surface area (Å²) < 4.78 is 0. The number of halogens is 1. The summed E-state index contributed by atoms with van der Waals surface area (Å²) in [6.07, 6.45) is 3.26. The van der Waals surface area contributed by atoms with Gasteiger partial charge in [-0.1, -0.05) is 35.9 Å². The van der Waals surface area contributed by atoms with Crippen LogP contribution in [0.15, 0.2) is 67.0 Å². The van der Waals surface area contributed by atoms with Gasteiger partial charge in [0.15, 0.2) is 0 Å². The van der Waals surface area contributed by atoms with Crippen molar-refractivity contribution in [2.45, 2.75) is 6.54 Å². The van der Waals surface area contributed by atoms with Crippen LogP contribution in [0.2, 0.25) is 5.02 Å². The van der Waals surface area contributed by atoms with E-state index in [1.165, 1.54) is 0 Å². The average Bonchev–Trinajstić information content (AvgIpc) is 2.62. The maximum atomic E-state index is 12.2. The fourth-order valence-corrected chi connectivity index (χ4v) is 2.32. The molecule has 4 nitrogen and oxygen atoms in total. The fourth-order valence-electron chi connectivity index (χ4n) is 2.11. The third-order valence-corrected chi connectivity index (χ3v) is 3.72. The SMILES string of the molecule is O=C(NCc1ccccc1Cl)c1ccc(-c2ccccn2)nc1. The Morgan fingerprint density at radius 2 is 1.74 bits per heavy atom. The van der Waals surface area contributed by atoms with Gasteiger partial charge in [0.2, 0.25) is 0 Å². The molecule has 0 atom stereocenters. The Morgan fingerprint density at radius 1 is 0.957 bits per heavy atom. The van der Waals surface area contributed by atoms with Crippen molar-refractivity contribution in [3.05, 3.63) is 83.1 Å². The number of rotatable bonds is 4. The molecule has 2 heterocycles. The minimum absolute atomic E-state index is 0.190. The number of carbonyl (C=O) groups excluding carboxylic acids is 1. The third-order valence-electron chi connectivity index (χ3n) is 3.35. The van der Waals surface area contributed by atoms with Gasteiger partial charge in [-0.2, -0.15) is 0 Å². The third kappa shape index (κ3) is 3.73. The van der Waals surface area contributed by atoms with Crippen molar-refractivity contribution in [1.82, 2.24) is 15.3 Å². The first-order valence-electron chi connectivity index (χ1n) is 7.13. The largest absolute Gasteiger partial charge is 0.348 e. The van der Waals surface area contributed by atoms with Crippen LogP contribution in [-0.4, -0.2) is 15.9 Å². The van der Waals surface area contributed by atoms with Gasteiger partial charge in [-0.05, 0) is 35.9 Å². The summed E-state index contributed by atoms with van der Waals surface area (Å²) in [5.74, 6) is -0.190. The van der Waals surface area contributed by atoms with Crippen molar-refractivity contribution in [3.8, 4) is 11.4 Å². The van der Waals surface area contributed by atoms with Crippen molar-refractivity contribution >= 4 is 17.5 Å². The lowest BCUT2D eigenvalue weighted by atomic mass is 10.2. The Labute approximate surface area is 139 Å². The second-order valence-electron chi connectivity index (χ2n) is 4.92. The Hall–Kier alpha value is -2.72. The molecule has 23 heavy (non-hydrogen) atoms. The summed E-state index contributed by atoms with van der Waals surface area (Å²) in [6.45, 7) is 0.375. The van der Waals surface area contributed by atoms with E-state index in [2.05, 4.69) is 15.3 Å². The van der Waals surface area contributed by atoms with E-state index in [1.54, 1.807) is 30.6 Å². The minimum Gasteiger partial charge on any atom is -0.348 e. The summed E-state index contributed by atoms with van der Waals surface area (Å²) in [4.78, 5) is 20.7. The molecule has 3 aromatic rings. The van der Waals surface area contributed by atoms with E-state index >= 15 is 0 Å². The van der Waals surface area contributed by atoms with Crippen LogP contribution in [0.25, 0.3) is 11.4 Å². The van der Waals surface area contributed by atoms with Crippen LogP contribution in [0.1, 0.15) is 15.9 Å². The quantitative estimate of drug-likeness (QED) is 0.796. The van der Waals surface area contributed by atoms with Crippen LogP contribution in [0, 0.1) is 0 Å². The molecule has 114 valence electrons. The van der Waals surface area contributed by atoms with Gasteiger partial charge in [0.05, 0.1) is 17.0 Å². The van der Waals surface area contributed by atoms with Crippen LogP contribution in [-0.2, 0) is 6.54 Å². The van der Waals surface area contributed by atoms with E-state index in [-0.39, 0.29) is 5.91 Å². The van der Waals surface area contributed by atoms with Crippen LogP contribution >= 0.6 is 11.6 Å². The van der Waals surface area contributed by atoms with Crippen molar-refractivity contribution in [2.24, 2.45) is 0 Å². The van der Waals surface area contributed by atoms with Gasteiger partial charge in [0.1, 0.15) is 0 Å². The first-order valence-corrected chi connectivity index (χ1v) is 7.51. The number of hydrogen-bond acceptors (Lipinski definition) is 3. The minimum atomic E-state index is -0.190. The molecule has 5 heteroatoms. The molecule has 0 radical (unpaired) electrons. The molecule has 1 amide bonds.